The molecule has 3 rings (SSSR count). The fraction of sp³-hybridized carbons (Fsp3) is 0.400. The van der Waals surface area contributed by atoms with Crippen LogP contribution in [0.15, 0.2) is 41.4 Å². The Kier molecular flexibility index (Phi) is 5.21. The molecule has 1 aromatic rings. The molecule has 1 aliphatic carbocycles. The highest BCUT2D eigenvalue weighted by molar-refractivity contribution is 6.29. The van der Waals surface area contributed by atoms with Crippen LogP contribution in [-0.2, 0) is 4.79 Å². The largest absolute Gasteiger partial charge is 0.385 e. The van der Waals surface area contributed by atoms with E-state index >= 15 is 0 Å². The van der Waals surface area contributed by atoms with Crippen LogP contribution in [0, 0.1) is 5.92 Å². The van der Waals surface area contributed by atoms with Gasteiger partial charge in [-0.3, -0.25) is 10.1 Å². The van der Waals surface area contributed by atoms with Gasteiger partial charge in [0.15, 0.2) is 5.54 Å². The van der Waals surface area contributed by atoms with E-state index in [1.165, 1.54) is 5.57 Å². The normalized spacial score (nSPS) is 24.0. The van der Waals surface area contributed by atoms with Crippen molar-refractivity contribution in [1.29, 1.82) is 0 Å². The molecule has 2 atom stereocenters. The summed E-state index contributed by atoms with van der Waals surface area (Å²) < 4.78 is 0. The van der Waals surface area contributed by atoms with Crippen LogP contribution < -0.4 is 10.6 Å². The van der Waals surface area contributed by atoms with Crippen LogP contribution in [-0.4, -0.2) is 22.6 Å². The number of hydrogen-bond acceptors (Lipinski definition) is 3. The maximum absolute atomic E-state index is 12.4. The highest BCUT2D eigenvalue weighted by atomic mass is 35.5. The van der Waals surface area contributed by atoms with Crippen molar-refractivity contribution >= 4 is 29.1 Å². The predicted molar refractivity (Wildman–Crippen MR) is 101 cm³/mol. The van der Waals surface area contributed by atoms with Gasteiger partial charge < -0.3 is 10.4 Å². The van der Waals surface area contributed by atoms with E-state index in [1.807, 2.05) is 38.1 Å². The SMILES string of the molecule is CC(C)CC1(C(O)c2ccc(C3=CC=C(Cl)CC3)cc2)NC(=O)NC1=O. The van der Waals surface area contributed by atoms with Crippen molar-refractivity contribution < 1.29 is 14.7 Å². The molecule has 0 bridgehead atoms. The van der Waals surface area contributed by atoms with Gasteiger partial charge in [0.25, 0.3) is 5.91 Å². The van der Waals surface area contributed by atoms with Gasteiger partial charge in [-0.15, -0.1) is 0 Å². The number of aliphatic hydroxyl groups is 1. The maximum Gasteiger partial charge on any atom is 0.322 e. The molecular formula is C20H23ClN2O3. The summed E-state index contributed by atoms with van der Waals surface area (Å²) in [5, 5.41) is 16.7. The lowest BCUT2D eigenvalue weighted by Crippen LogP contribution is -2.52. The molecule has 0 radical (unpaired) electrons. The van der Waals surface area contributed by atoms with E-state index in [1.54, 1.807) is 12.1 Å². The topological polar surface area (TPSA) is 78.4 Å². The third kappa shape index (κ3) is 3.55. The number of urea groups is 1. The van der Waals surface area contributed by atoms with Crippen LogP contribution in [0.5, 0.6) is 0 Å². The number of allylic oxidation sites excluding steroid dienone is 4. The standard InChI is InChI=1S/C20H23ClN2O3/c1-12(2)11-20(18(25)22-19(26)23-20)17(24)15-5-3-13(4-6-15)14-7-9-16(21)10-8-14/h3-7,9,12,17,24H,8,10-11H2,1-2H3,(H2,22,23,25,26). The zero-order valence-electron chi connectivity index (χ0n) is 14.9. The average molecular weight is 375 g/mol. The summed E-state index contributed by atoms with van der Waals surface area (Å²) >= 11 is 6.00. The molecule has 5 nitrogen and oxygen atoms in total. The summed E-state index contributed by atoms with van der Waals surface area (Å²) in [6, 6.07) is 6.90. The Morgan fingerprint density at radius 3 is 2.35 bits per heavy atom. The third-order valence-electron chi connectivity index (χ3n) is 4.86. The highest BCUT2D eigenvalue weighted by Crippen LogP contribution is 2.35. The number of halogens is 1. The monoisotopic (exact) mass is 374 g/mol. The number of carbonyl (C=O) groups excluding carboxylic acids is 2. The first kappa shape index (κ1) is 18.7. The minimum Gasteiger partial charge on any atom is -0.385 e. The molecule has 3 amide bonds. The number of imide groups is 1. The summed E-state index contributed by atoms with van der Waals surface area (Å²) in [7, 11) is 0. The van der Waals surface area contributed by atoms with Gasteiger partial charge >= 0.3 is 6.03 Å². The van der Waals surface area contributed by atoms with Gasteiger partial charge in [-0.05, 0) is 48.0 Å². The Balaban J connectivity index is 1.87. The van der Waals surface area contributed by atoms with Crippen molar-refractivity contribution in [3.05, 3.63) is 52.6 Å². The van der Waals surface area contributed by atoms with Gasteiger partial charge in [0.1, 0.15) is 6.10 Å². The molecule has 0 saturated carbocycles. The van der Waals surface area contributed by atoms with E-state index < -0.39 is 23.6 Å². The molecule has 138 valence electrons. The minimum atomic E-state index is -1.34. The minimum absolute atomic E-state index is 0.122. The summed E-state index contributed by atoms with van der Waals surface area (Å²) in [6.45, 7) is 3.90. The van der Waals surface area contributed by atoms with E-state index in [0.717, 1.165) is 23.4 Å². The lowest BCUT2D eigenvalue weighted by Gasteiger charge is -2.33. The lowest BCUT2D eigenvalue weighted by molar-refractivity contribution is -0.129. The summed E-state index contributed by atoms with van der Waals surface area (Å²) in [5.74, 6) is -0.362. The second-order valence-corrected chi connectivity index (χ2v) is 7.79. The van der Waals surface area contributed by atoms with Crippen LogP contribution in [0.2, 0.25) is 0 Å². The van der Waals surface area contributed by atoms with E-state index in [0.29, 0.717) is 12.0 Å². The van der Waals surface area contributed by atoms with Crippen LogP contribution >= 0.6 is 11.6 Å². The molecule has 1 fully saturated rings. The van der Waals surface area contributed by atoms with Crippen molar-refractivity contribution in [2.75, 3.05) is 0 Å². The maximum atomic E-state index is 12.4. The number of rotatable bonds is 5. The van der Waals surface area contributed by atoms with E-state index in [9.17, 15) is 14.7 Å². The zero-order valence-corrected chi connectivity index (χ0v) is 15.6. The van der Waals surface area contributed by atoms with Crippen LogP contribution in [0.1, 0.15) is 50.3 Å². The Morgan fingerprint density at radius 1 is 1.15 bits per heavy atom. The molecule has 0 aromatic heterocycles. The fourth-order valence-electron chi connectivity index (χ4n) is 3.61. The van der Waals surface area contributed by atoms with Crippen molar-refractivity contribution in [3.63, 3.8) is 0 Å². The first-order valence-electron chi connectivity index (χ1n) is 8.79. The van der Waals surface area contributed by atoms with E-state index in [-0.39, 0.29) is 5.92 Å². The molecule has 1 aliphatic heterocycles. The number of benzene rings is 1. The van der Waals surface area contributed by atoms with Crippen molar-refractivity contribution in [2.45, 2.75) is 44.8 Å². The number of carbonyl (C=O) groups is 2. The Bertz CT molecular complexity index is 783. The number of amides is 3. The smallest absolute Gasteiger partial charge is 0.322 e. The second kappa shape index (κ2) is 7.25. The van der Waals surface area contributed by atoms with Gasteiger partial charge in [0.05, 0.1) is 0 Å². The Morgan fingerprint density at radius 2 is 1.85 bits per heavy atom. The van der Waals surface area contributed by atoms with E-state index in [4.69, 9.17) is 11.6 Å². The molecule has 1 aromatic carbocycles. The van der Waals surface area contributed by atoms with Gasteiger partial charge in [-0.1, -0.05) is 55.8 Å². The molecule has 2 unspecified atom stereocenters. The van der Waals surface area contributed by atoms with Gasteiger partial charge in [0.2, 0.25) is 0 Å². The van der Waals surface area contributed by atoms with Gasteiger partial charge in [-0.25, -0.2) is 4.79 Å². The second-order valence-electron chi connectivity index (χ2n) is 7.31. The molecule has 3 N–H and O–H groups in total. The third-order valence-corrected chi connectivity index (χ3v) is 5.18. The number of nitrogens with one attached hydrogen (secondary N) is 2. The molecular weight excluding hydrogens is 352 g/mol. The fourth-order valence-corrected chi connectivity index (χ4v) is 3.77. The van der Waals surface area contributed by atoms with Crippen molar-refractivity contribution in [2.24, 2.45) is 5.92 Å². The average Bonchev–Trinajstić information content (AvgIpc) is 2.88. The Hall–Kier alpha value is -2.11. The number of hydrogen-bond donors (Lipinski definition) is 3. The molecule has 0 spiro atoms. The van der Waals surface area contributed by atoms with Crippen LogP contribution in [0.4, 0.5) is 4.79 Å². The van der Waals surface area contributed by atoms with Crippen molar-refractivity contribution in [1.82, 2.24) is 10.6 Å². The molecule has 6 heteroatoms. The summed E-state index contributed by atoms with van der Waals surface area (Å²) in [6.07, 6.45) is 4.82. The van der Waals surface area contributed by atoms with Crippen LogP contribution in [0.25, 0.3) is 5.57 Å². The molecule has 1 heterocycles. The first-order chi connectivity index (χ1) is 12.3. The molecule has 2 aliphatic rings. The zero-order chi connectivity index (χ0) is 18.9. The highest BCUT2D eigenvalue weighted by Gasteiger charge is 2.52. The van der Waals surface area contributed by atoms with E-state index in [2.05, 4.69) is 10.6 Å². The van der Waals surface area contributed by atoms with Crippen molar-refractivity contribution in [3.8, 4) is 0 Å². The van der Waals surface area contributed by atoms with Gasteiger partial charge in [0, 0.05) is 5.03 Å². The Labute approximate surface area is 158 Å². The van der Waals surface area contributed by atoms with Gasteiger partial charge in [-0.2, -0.15) is 0 Å². The predicted octanol–water partition coefficient (Wildman–Crippen LogP) is 3.64. The lowest BCUT2D eigenvalue weighted by atomic mass is 9.80. The summed E-state index contributed by atoms with van der Waals surface area (Å²) in [4.78, 5) is 24.1. The quantitative estimate of drug-likeness (QED) is 0.688. The molecule has 1 saturated heterocycles. The molecule has 26 heavy (non-hydrogen) atoms. The summed E-state index contributed by atoms with van der Waals surface area (Å²) in [5.41, 5.74) is 1.49. The number of aliphatic hydroxyl groups excluding tert-OH is 1. The first-order valence-corrected chi connectivity index (χ1v) is 9.17. The van der Waals surface area contributed by atoms with Crippen LogP contribution in [0.3, 0.4) is 0 Å².